The van der Waals surface area contributed by atoms with Crippen molar-refractivity contribution in [3.63, 3.8) is 0 Å². The van der Waals surface area contributed by atoms with Gasteiger partial charge in [0, 0.05) is 32.0 Å². The predicted octanol–water partition coefficient (Wildman–Crippen LogP) is -0.331. The Kier molecular flexibility index (Phi) is 3.88. The van der Waals surface area contributed by atoms with Crippen LogP contribution in [0.2, 0.25) is 0 Å². The van der Waals surface area contributed by atoms with E-state index in [2.05, 4.69) is 15.0 Å². The van der Waals surface area contributed by atoms with Crippen molar-refractivity contribution in [2.45, 2.75) is 6.04 Å². The summed E-state index contributed by atoms with van der Waals surface area (Å²) in [7, 11) is 1.34. The van der Waals surface area contributed by atoms with Crippen molar-refractivity contribution in [1.29, 1.82) is 0 Å². The molecule has 6 heteroatoms. The molecule has 0 aliphatic carbocycles. The Morgan fingerprint density at radius 1 is 1.56 bits per heavy atom. The van der Waals surface area contributed by atoms with Crippen LogP contribution in [0, 0.1) is 0 Å². The summed E-state index contributed by atoms with van der Waals surface area (Å²) >= 11 is 0. The Morgan fingerprint density at radius 3 is 3.06 bits per heavy atom. The third-order valence-electron chi connectivity index (χ3n) is 2.86. The summed E-state index contributed by atoms with van der Waals surface area (Å²) in [5.41, 5.74) is 0.531. The Morgan fingerprint density at radius 2 is 2.39 bits per heavy atom. The van der Waals surface area contributed by atoms with Crippen LogP contribution in [-0.2, 0) is 9.53 Å². The summed E-state index contributed by atoms with van der Waals surface area (Å²) < 4.78 is 4.67. The number of carbonyl (C=O) groups is 2. The fourth-order valence-electron chi connectivity index (χ4n) is 1.91. The Labute approximate surface area is 105 Å². The van der Waals surface area contributed by atoms with Gasteiger partial charge < -0.3 is 15.0 Å². The maximum absolute atomic E-state index is 12.2. The molecule has 1 atom stereocenters. The second kappa shape index (κ2) is 5.59. The number of nitrogens with zero attached hydrogens (tertiary/aromatic N) is 2. The number of esters is 1. The van der Waals surface area contributed by atoms with Crippen LogP contribution in [0.4, 0.5) is 0 Å². The lowest BCUT2D eigenvalue weighted by atomic mass is 10.1. The second-order valence-corrected chi connectivity index (χ2v) is 4.02. The molecule has 1 saturated heterocycles. The van der Waals surface area contributed by atoms with Crippen molar-refractivity contribution in [3.8, 4) is 0 Å². The molecule has 0 bridgehead atoms. The topological polar surface area (TPSA) is 71.5 Å². The molecule has 6 nitrogen and oxygen atoms in total. The Hall–Kier alpha value is -1.95. The molecule has 1 fully saturated rings. The van der Waals surface area contributed by atoms with Crippen molar-refractivity contribution < 1.29 is 14.3 Å². The van der Waals surface area contributed by atoms with Gasteiger partial charge in [0.05, 0.1) is 12.7 Å². The first-order chi connectivity index (χ1) is 8.72. The number of piperazine rings is 1. The van der Waals surface area contributed by atoms with E-state index in [-0.39, 0.29) is 11.9 Å². The molecule has 2 rings (SSSR count). The molecule has 1 aromatic rings. The maximum atomic E-state index is 12.2. The zero-order valence-electron chi connectivity index (χ0n) is 10.1. The number of ether oxygens (including phenoxy) is 1. The highest BCUT2D eigenvalue weighted by molar-refractivity contribution is 5.94. The van der Waals surface area contributed by atoms with E-state index < -0.39 is 6.04 Å². The molecule has 1 amide bonds. The van der Waals surface area contributed by atoms with E-state index in [4.69, 9.17) is 0 Å². The van der Waals surface area contributed by atoms with Crippen molar-refractivity contribution in [2.24, 2.45) is 0 Å². The van der Waals surface area contributed by atoms with E-state index in [1.165, 1.54) is 13.3 Å². The van der Waals surface area contributed by atoms with Gasteiger partial charge >= 0.3 is 5.97 Å². The summed E-state index contributed by atoms with van der Waals surface area (Å²) in [6.45, 7) is 1.47. The molecule has 1 N–H and O–H groups in total. The summed E-state index contributed by atoms with van der Waals surface area (Å²) in [5.74, 6) is -0.461. The highest BCUT2D eigenvalue weighted by Gasteiger charge is 2.28. The SMILES string of the molecule is COC(=O)[C@H]1CN(C(=O)c2cccnc2)CCN1. The minimum Gasteiger partial charge on any atom is -0.468 e. The van der Waals surface area contributed by atoms with Gasteiger partial charge in [-0.3, -0.25) is 14.6 Å². The second-order valence-electron chi connectivity index (χ2n) is 4.02. The van der Waals surface area contributed by atoms with E-state index in [1.54, 1.807) is 23.2 Å². The number of nitrogens with one attached hydrogen (secondary N) is 1. The zero-order valence-corrected chi connectivity index (χ0v) is 10.1. The molecule has 0 unspecified atom stereocenters. The van der Waals surface area contributed by atoms with E-state index in [0.717, 1.165) is 0 Å². The molecule has 18 heavy (non-hydrogen) atoms. The fraction of sp³-hybridized carbons (Fsp3) is 0.417. The molecular weight excluding hydrogens is 234 g/mol. The average molecular weight is 249 g/mol. The van der Waals surface area contributed by atoms with Gasteiger partial charge in [-0.2, -0.15) is 0 Å². The first-order valence-corrected chi connectivity index (χ1v) is 5.73. The van der Waals surface area contributed by atoms with Crippen LogP contribution in [0.25, 0.3) is 0 Å². The molecule has 0 spiro atoms. The highest BCUT2D eigenvalue weighted by atomic mass is 16.5. The molecule has 1 aromatic heterocycles. The van der Waals surface area contributed by atoms with Gasteiger partial charge in [-0.25, -0.2) is 0 Å². The molecule has 1 aliphatic heterocycles. The first kappa shape index (κ1) is 12.5. The van der Waals surface area contributed by atoms with Crippen LogP contribution in [0.1, 0.15) is 10.4 Å². The number of rotatable bonds is 2. The standard InChI is InChI=1S/C12H15N3O3/c1-18-12(17)10-8-15(6-5-14-10)11(16)9-3-2-4-13-7-9/h2-4,7,10,14H,5-6,8H2,1H3/t10-/m1/s1. The molecule has 0 aromatic carbocycles. The predicted molar refractivity (Wildman–Crippen MR) is 63.9 cm³/mol. The minimum atomic E-state index is -0.454. The Bertz CT molecular complexity index is 435. The summed E-state index contributed by atoms with van der Waals surface area (Å²) in [5, 5.41) is 3.02. The van der Waals surface area contributed by atoms with Crippen LogP contribution in [0.3, 0.4) is 0 Å². The van der Waals surface area contributed by atoms with E-state index in [1.807, 2.05) is 0 Å². The molecule has 0 radical (unpaired) electrons. The molecule has 96 valence electrons. The lowest BCUT2D eigenvalue weighted by molar-refractivity contribution is -0.144. The smallest absolute Gasteiger partial charge is 0.324 e. The molecule has 1 aliphatic rings. The van der Waals surface area contributed by atoms with Crippen molar-refractivity contribution in [2.75, 3.05) is 26.7 Å². The van der Waals surface area contributed by atoms with Gasteiger partial charge in [0.25, 0.3) is 5.91 Å². The summed E-state index contributed by atoms with van der Waals surface area (Å²) in [4.78, 5) is 29.1. The van der Waals surface area contributed by atoms with Gasteiger partial charge in [-0.1, -0.05) is 0 Å². The number of amides is 1. The van der Waals surface area contributed by atoms with Gasteiger partial charge in [-0.15, -0.1) is 0 Å². The van der Waals surface area contributed by atoms with Crippen LogP contribution in [0.5, 0.6) is 0 Å². The number of aromatic nitrogens is 1. The quantitative estimate of drug-likeness (QED) is 0.727. The van der Waals surface area contributed by atoms with Gasteiger partial charge in [-0.05, 0) is 12.1 Å². The van der Waals surface area contributed by atoms with Gasteiger partial charge in [0.15, 0.2) is 0 Å². The number of methoxy groups -OCH3 is 1. The number of hydrogen-bond acceptors (Lipinski definition) is 5. The van der Waals surface area contributed by atoms with E-state index >= 15 is 0 Å². The van der Waals surface area contributed by atoms with E-state index in [9.17, 15) is 9.59 Å². The number of pyridine rings is 1. The van der Waals surface area contributed by atoms with Crippen molar-refractivity contribution in [3.05, 3.63) is 30.1 Å². The monoisotopic (exact) mass is 249 g/mol. The lowest BCUT2D eigenvalue weighted by Crippen LogP contribution is -2.56. The number of carbonyl (C=O) groups excluding carboxylic acids is 2. The first-order valence-electron chi connectivity index (χ1n) is 5.73. The van der Waals surface area contributed by atoms with Crippen molar-refractivity contribution >= 4 is 11.9 Å². The minimum absolute atomic E-state index is 0.112. The molecule has 2 heterocycles. The Balaban J connectivity index is 2.05. The van der Waals surface area contributed by atoms with Crippen LogP contribution in [0.15, 0.2) is 24.5 Å². The summed E-state index contributed by atoms with van der Waals surface area (Å²) in [6, 6.07) is 2.97. The highest BCUT2D eigenvalue weighted by Crippen LogP contribution is 2.07. The van der Waals surface area contributed by atoms with Crippen LogP contribution >= 0.6 is 0 Å². The van der Waals surface area contributed by atoms with Crippen LogP contribution in [-0.4, -0.2) is 54.5 Å². The zero-order chi connectivity index (χ0) is 13.0. The van der Waals surface area contributed by atoms with E-state index in [0.29, 0.717) is 25.2 Å². The fourth-order valence-corrected chi connectivity index (χ4v) is 1.91. The van der Waals surface area contributed by atoms with Crippen LogP contribution < -0.4 is 5.32 Å². The van der Waals surface area contributed by atoms with Gasteiger partial charge in [0.2, 0.25) is 0 Å². The average Bonchev–Trinajstić information content (AvgIpc) is 2.46. The largest absolute Gasteiger partial charge is 0.468 e. The third-order valence-corrected chi connectivity index (χ3v) is 2.86. The lowest BCUT2D eigenvalue weighted by Gasteiger charge is -2.32. The maximum Gasteiger partial charge on any atom is 0.324 e. The molecular formula is C12H15N3O3. The summed E-state index contributed by atoms with van der Waals surface area (Å²) in [6.07, 6.45) is 3.14. The van der Waals surface area contributed by atoms with Gasteiger partial charge in [0.1, 0.15) is 6.04 Å². The molecule has 0 saturated carbocycles. The normalized spacial score (nSPS) is 19.4. The third kappa shape index (κ3) is 2.65. The number of hydrogen-bond donors (Lipinski definition) is 1. The van der Waals surface area contributed by atoms with Crippen molar-refractivity contribution in [1.82, 2.24) is 15.2 Å².